The molecule has 0 aliphatic carbocycles. The molecule has 11 heteroatoms. The summed E-state index contributed by atoms with van der Waals surface area (Å²) in [5.74, 6) is -2.65. The SMILES string of the molecule is CCN(Cc1ccc2nc(C)[nH]c(=O)c2c1)c1ccc(C(=O)N[C@@H](CCC(=O)O)C(=O)O)c(Cl)c1. The molecule has 10 nitrogen and oxygen atoms in total. The fourth-order valence-corrected chi connectivity index (χ4v) is 3.91. The number of aliphatic carboxylic acids is 2. The predicted octanol–water partition coefficient (Wildman–Crippen LogP) is 2.96. The molecule has 0 radical (unpaired) electrons. The van der Waals surface area contributed by atoms with E-state index in [4.69, 9.17) is 16.7 Å². The quantitative estimate of drug-likeness (QED) is 0.331. The van der Waals surface area contributed by atoms with Crippen LogP contribution in [0, 0.1) is 6.92 Å². The highest BCUT2D eigenvalue weighted by Gasteiger charge is 2.23. The number of hydrogen-bond acceptors (Lipinski definition) is 6. The lowest BCUT2D eigenvalue weighted by Gasteiger charge is -2.24. The van der Waals surface area contributed by atoms with Gasteiger partial charge in [0.05, 0.1) is 21.5 Å². The van der Waals surface area contributed by atoms with Crippen LogP contribution in [-0.4, -0.2) is 50.6 Å². The molecule has 2 aromatic carbocycles. The van der Waals surface area contributed by atoms with Gasteiger partial charge in [-0.15, -0.1) is 0 Å². The molecular formula is C24H25ClN4O6. The average Bonchev–Trinajstić information content (AvgIpc) is 2.79. The average molecular weight is 501 g/mol. The Kier molecular flexibility index (Phi) is 8.08. The highest BCUT2D eigenvalue weighted by molar-refractivity contribution is 6.34. The van der Waals surface area contributed by atoms with E-state index in [2.05, 4.69) is 15.3 Å². The lowest BCUT2D eigenvalue weighted by molar-refractivity contribution is -0.140. The molecule has 35 heavy (non-hydrogen) atoms. The van der Waals surface area contributed by atoms with Crippen molar-refractivity contribution in [3.05, 3.63) is 68.7 Å². The van der Waals surface area contributed by atoms with Crippen molar-refractivity contribution in [3.63, 3.8) is 0 Å². The van der Waals surface area contributed by atoms with E-state index in [9.17, 15) is 24.3 Å². The minimum Gasteiger partial charge on any atom is -0.481 e. The first kappa shape index (κ1) is 25.7. The minimum atomic E-state index is -1.35. The van der Waals surface area contributed by atoms with E-state index in [0.717, 1.165) is 11.3 Å². The van der Waals surface area contributed by atoms with Gasteiger partial charge < -0.3 is 25.4 Å². The van der Waals surface area contributed by atoms with Crippen LogP contribution < -0.4 is 15.8 Å². The summed E-state index contributed by atoms with van der Waals surface area (Å²) in [6.07, 6.45) is -0.648. The Morgan fingerprint density at radius 1 is 1.17 bits per heavy atom. The summed E-state index contributed by atoms with van der Waals surface area (Å²) >= 11 is 6.35. The number of halogens is 1. The molecule has 3 rings (SSSR count). The second-order valence-corrected chi connectivity index (χ2v) is 8.39. The number of aromatic nitrogens is 2. The van der Waals surface area contributed by atoms with Crippen LogP contribution in [-0.2, 0) is 16.1 Å². The summed E-state index contributed by atoms with van der Waals surface area (Å²) in [4.78, 5) is 56.0. The Hall–Kier alpha value is -3.92. The molecule has 1 aromatic heterocycles. The van der Waals surface area contributed by atoms with Crippen molar-refractivity contribution in [1.82, 2.24) is 15.3 Å². The molecule has 0 aliphatic heterocycles. The molecule has 0 unspecified atom stereocenters. The first-order valence-corrected chi connectivity index (χ1v) is 11.3. The van der Waals surface area contributed by atoms with E-state index < -0.39 is 30.3 Å². The number of fused-ring (bicyclic) bond motifs is 1. The molecule has 0 aliphatic rings. The third-order valence-corrected chi connectivity index (χ3v) is 5.77. The fraction of sp³-hybridized carbons (Fsp3) is 0.292. The molecule has 0 spiro atoms. The van der Waals surface area contributed by atoms with Crippen molar-refractivity contribution in [2.75, 3.05) is 11.4 Å². The Balaban J connectivity index is 1.78. The van der Waals surface area contributed by atoms with Crippen LogP contribution in [0.25, 0.3) is 10.9 Å². The molecule has 0 fully saturated rings. The van der Waals surface area contributed by atoms with Gasteiger partial charge in [0.25, 0.3) is 11.5 Å². The zero-order chi connectivity index (χ0) is 25.7. The number of carbonyl (C=O) groups is 3. The zero-order valence-corrected chi connectivity index (χ0v) is 19.9. The maximum atomic E-state index is 12.6. The van der Waals surface area contributed by atoms with Gasteiger partial charge in [-0.25, -0.2) is 9.78 Å². The summed E-state index contributed by atoms with van der Waals surface area (Å²) in [5, 5.41) is 21.0. The molecule has 0 saturated heterocycles. The highest BCUT2D eigenvalue weighted by atomic mass is 35.5. The smallest absolute Gasteiger partial charge is 0.326 e. The van der Waals surface area contributed by atoms with Gasteiger partial charge in [0.15, 0.2) is 0 Å². The van der Waals surface area contributed by atoms with Gasteiger partial charge >= 0.3 is 11.9 Å². The lowest BCUT2D eigenvalue weighted by Crippen LogP contribution is -2.41. The van der Waals surface area contributed by atoms with Gasteiger partial charge in [0, 0.05) is 25.2 Å². The third-order valence-electron chi connectivity index (χ3n) is 5.46. The second-order valence-electron chi connectivity index (χ2n) is 7.98. The van der Waals surface area contributed by atoms with E-state index in [-0.39, 0.29) is 22.6 Å². The zero-order valence-electron chi connectivity index (χ0n) is 19.2. The molecule has 4 N–H and O–H groups in total. The minimum absolute atomic E-state index is 0.0757. The van der Waals surface area contributed by atoms with Gasteiger partial charge in [-0.05, 0) is 56.2 Å². The second kappa shape index (κ2) is 11.0. The van der Waals surface area contributed by atoms with Crippen molar-refractivity contribution < 1.29 is 24.6 Å². The molecule has 1 atom stereocenters. The fourth-order valence-electron chi connectivity index (χ4n) is 3.65. The number of hydrogen-bond donors (Lipinski definition) is 4. The molecule has 0 saturated carbocycles. The molecule has 1 heterocycles. The monoisotopic (exact) mass is 500 g/mol. The topological polar surface area (TPSA) is 153 Å². The van der Waals surface area contributed by atoms with Crippen LogP contribution in [0.1, 0.15) is 41.5 Å². The number of carboxylic acids is 2. The summed E-state index contributed by atoms with van der Waals surface area (Å²) in [5.41, 5.74) is 2.09. The van der Waals surface area contributed by atoms with Crippen LogP contribution in [0.4, 0.5) is 5.69 Å². The van der Waals surface area contributed by atoms with Gasteiger partial charge in [0.2, 0.25) is 0 Å². The van der Waals surface area contributed by atoms with E-state index in [1.807, 2.05) is 17.9 Å². The predicted molar refractivity (Wildman–Crippen MR) is 131 cm³/mol. The number of aryl methyl sites for hydroxylation is 1. The van der Waals surface area contributed by atoms with Crippen LogP contribution in [0.3, 0.4) is 0 Å². The van der Waals surface area contributed by atoms with E-state index in [0.29, 0.717) is 29.8 Å². The highest BCUT2D eigenvalue weighted by Crippen LogP contribution is 2.26. The maximum absolute atomic E-state index is 12.6. The number of H-pyrrole nitrogens is 1. The summed E-state index contributed by atoms with van der Waals surface area (Å²) in [6, 6.07) is 8.91. The summed E-state index contributed by atoms with van der Waals surface area (Å²) in [6.45, 7) is 4.75. The Morgan fingerprint density at radius 3 is 2.54 bits per heavy atom. The van der Waals surface area contributed by atoms with E-state index in [1.165, 1.54) is 6.07 Å². The van der Waals surface area contributed by atoms with Crippen molar-refractivity contribution >= 4 is 46.0 Å². The Labute approximate surface area is 205 Å². The number of carboxylic acid groups (broad SMARTS) is 2. The van der Waals surface area contributed by atoms with Crippen LogP contribution in [0.5, 0.6) is 0 Å². The van der Waals surface area contributed by atoms with Crippen LogP contribution in [0.15, 0.2) is 41.2 Å². The summed E-state index contributed by atoms with van der Waals surface area (Å²) in [7, 11) is 0. The third kappa shape index (κ3) is 6.36. The number of amides is 1. The van der Waals surface area contributed by atoms with E-state index in [1.54, 1.807) is 31.2 Å². The molecular weight excluding hydrogens is 476 g/mol. The largest absolute Gasteiger partial charge is 0.481 e. The molecule has 0 bridgehead atoms. The molecule has 184 valence electrons. The molecule has 1 amide bonds. The van der Waals surface area contributed by atoms with Gasteiger partial charge in [-0.3, -0.25) is 14.4 Å². The Bertz CT molecular complexity index is 1340. The number of rotatable bonds is 10. The standard InChI is InChI=1S/C24H25ClN4O6/c1-3-29(12-14-4-7-19-17(10-14)23(33)27-13(2)26-19)15-5-6-16(18(25)11-15)22(32)28-20(24(34)35)8-9-21(30)31/h4-7,10-11,20H,3,8-9,12H2,1-2H3,(H,28,32)(H,30,31)(H,34,35)(H,26,27,33)/t20-/m0/s1. The normalized spacial score (nSPS) is 11.7. The summed E-state index contributed by atoms with van der Waals surface area (Å²) < 4.78 is 0. The number of aromatic amines is 1. The number of benzene rings is 2. The Morgan fingerprint density at radius 2 is 1.91 bits per heavy atom. The van der Waals surface area contributed by atoms with Crippen molar-refractivity contribution in [1.29, 1.82) is 0 Å². The van der Waals surface area contributed by atoms with Crippen molar-refractivity contribution in [2.24, 2.45) is 0 Å². The first-order valence-electron chi connectivity index (χ1n) is 10.9. The number of anilines is 1. The van der Waals surface area contributed by atoms with Crippen LogP contribution >= 0.6 is 11.6 Å². The van der Waals surface area contributed by atoms with Gasteiger partial charge in [-0.2, -0.15) is 0 Å². The van der Waals surface area contributed by atoms with Crippen molar-refractivity contribution in [3.8, 4) is 0 Å². The number of nitrogens with one attached hydrogen (secondary N) is 2. The first-order chi connectivity index (χ1) is 16.6. The molecule has 3 aromatic rings. The van der Waals surface area contributed by atoms with Gasteiger partial charge in [0.1, 0.15) is 11.9 Å². The maximum Gasteiger partial charge on any atom is 0.326 e. The van der Waals surface area contributed by atoms with Crippen LogP contribution in [0.2, 0.25) is 5.02 Å². The van der Waals surface area contributed by atoms with Crippen molar-refractivity contribution in [2.45, 2.75) is 39.3 Å². The number of nitrogens with zero attached hydrogens (tertiary/aromatic N) is 2. The van der Waals surface area contributed by atoms with Gasteiger partial charge in [-0.1, -0.05) is 17.7 Å². The lowest BCUT2D eigenvalue weighted by atomic mass is 10.1. The van der Waals surface area contributed by atoms with E-state index >= 15 is 0 Å². The number of carbonyl (C=O) groups excluding carboxylic acids is 1.